The van der Waals surface area contributed by atoms with Gasteiger partial charge >= 0.3 is 0 Å². The monoisotopic (exact) mass is 388 g/mol. The van der Waals surface area contributed by atoms with Gasteiger partial charge in [0.05, 0.1) is 23.8 Å². The van der Waals surface area contributed by atoms with Gasteiger partial charge in [0.15, 0.2) is 13.1 Å². The number of hydrogen-bond acceptors (Lipinski definition) is 2. The van der Waals surface area contributed by atoms with E-state index in [2.05, 4.69) is 36.6 Å². The summed E-state index contributed by atoms with van der Waals surface area (Å²) in [6.07, 6.45) is 0. The van der Waals surface area contributed by atoms with E-state index in [4.69, 9.17) is 11.6 Å². The van der Waals surface area contributed by atoms with Gasteiger partial charge in [-0.2, -0.15) is 0 Å². The van der Waals surface area contributed by atoms with Crippen LogP contribution in [0.4, 0.5) is 5.69 Å². The Labute approximate surface area is 165 Å². The maximum Gasteiger partial charge on any atom is 0.279 e. The first kappa shape index (κ1) is 20.9. The number of carbonyl (C=O) groups is 2. The van der Waals surface area contributed by atoms with Gasteiger partial charge in [-0.3, -0.25) is 9.59 Å². The van der Waals surface area contributed by atoms with Crippen LogP contribution in [0.3, 0.4) is 0 Å². The molecule has 5 nitrogen and oxygen atoms in total. The van der Waals surface area contributed by atoms with Crippen LogP contribution in [0, 0.1) is 13.8 Å². The predicted molar refractivity (Wildman–Crippen MR) is 109 cm³/mol. The van der Waals surface area contributed by atoms with Crippen molar-refractivity contribution in [2.24, 2.45) is 0 Å². The third-order valence-electron chi connectivity index (χ3n) is 4.48. The number of amides is 2. The molecular formula is C21H27ClN3O2+. The van der Waals surface area contributed by atoms with E-state index in [-0.39, 0.29) is 30.9 Å². The normalized spacial score (nSPS) is 12.9. The number of aryl methyl sites for hydroxylation is 2. The van der Waals surface area contributed by atoms with Gasteiger partial charge in [0, 0.05) is 0 Å². The second kappa shape index (κ2) is 9.53. The van der Waals surface area contributed by atoms with Crippen LogP contribution in [0.1, 0.15) is 29.7 Å². The Morgan fingerprint density at radius 1 is 1.04 bits per heavy atom. The third-order valence-corrected chi connectivity index (χ3v) is 4.81. The maximum absolute atomic E-state index is 12.3. The minimum Gasteiger partial charge on any atom is -0.345 e. The predicted octanol–water partition coefficient (Wildman–Crippen LogP) is 2.29. The third kappa shape index (κ3) is 6.38. The van der Waals surface area contributed by atoms with Crippen LogP contribution in [0.15, 0.2) is 42.5 Å². The molecule has 2 aromatic rings. The zero-order chi connectivity index (χ0) is 20.0. The van der Waals surface area contributed by atoms with Crippen LogP contribution in [-0.4, -0.2) is 32.0 Å². The molecule has 27 heavy (non-hydrogen) atoms. The first-order valence-electron chi connectivity index (χ1n) is 8.98. The van der Waals surface area contributed by atoms with Crippen molar-refractivity contribution in [3.63, 3.8) is 0 Å². The highest BCUT2D eigenvalue weighted by molar-refractivity contribution is 6.33. The van der Waals surface area contributed by atoms with Crippen LogP contribution in [0.5, 0.6) is 0 Å². The highest BCUT2D eigenvalue weighted by atomic mass is 35.5. The minimum atomic E-state index is -0.185. The summed E-state index contributed by atoms with van der Waals surface area (Å²) in [4.78, 5) is 25.2. The smallest absolute Gasteiger partial charge is 0.279 e. The zero-order valence-electron chi connectivity index (χ0n) is 16.2. The Morgan fingerprint density at radius 2 is 1.70 bits per heavy atom. The maximum atomic E-state index is 12.3. The fourth-order valence-electron chi connectivity index (χ4n) is 2.78. The van der Waals surface area contributed by atoms with Gasteiger partial charge in [-0.15, -0.1) is 0 Å². The number of carbonyl (C=O) groups excluding carboxylic acids is 2. The molecule has 0 saturated carbocycles. The molecule has 0 radical (unpaired) electrons. The van der Waals surface area contributed by atoms with Crippen LogP contribution in [0.2, 0.25) is 5.02 Å². The Morgan fingerprint density at radius 3 is 2.37 bits per heavy atom. The van der Waals surface area contributed by atoms with E-state index in [1.165, 1.54) is 11.1 Å². The SMILES string of the molecule is Cc1ccc([C@H](C)NC(=O)C[NH+](C)CC(=O)Nc2ccccc2Cl)cc1C. The van der Waals surface area contributed by atoms with Crippen LogP contribution in [0.25, 0.3) is 0 Å². The van der Waals surface area contributed by atoms with Crippen LogP contribution in [-0.2, 0) is 9.59 Å². The number of benzene rings is 2. The summed E-state index contributed by atoms with van der Waals surface area (Å²) in [5.74, 6) is -0.278. The largest absolute Gasteiger partial charge is 0.345 e. The molecule has 0 aliphatic heterocycles. The summed E-state index contributed by atoms with van der Waals surface area (Å²) in [6, 6.07) is 13.2. The molecule has 0 heterocycles. The Balaban J connectivity index is 1.83. The molecule has 2 atom stereocenters. The lowest BCUT2D eigenvalue weighted by Crippen LogP contribution is -3.11. The van der Waals surface area contributed by atoms with Crippen LogP contribution < -0.4 is 15.5 Å². The number of nitrogens with one attached hydrogen (secondary N) is 3. The first-order valence-corrected chi connectivity index (χ1v) is 9.36. The molecule has 0 fully saturated rings. The number of para-hydroxylation sites is 1. The van der Waals surface area contributed by atoms with Crippen molar-refractivity contribution in [2.75, 3.05) is 25.5 Å². The van der Waals surface area contributed by atoms with Crippen molar-refractivity contribution in [1.29, 1.82) is 0 Å². The molecule has 3 N–H and O–H groups in total. The van der Waals surface area contributed by atoms with Crippen molar-refractivity contribution in [2.45, 2.75) is 26.8 Å². The lowest BCUT2D eigenvalue weighted by Gasteiger charge is -2.18. The summed E-state index contributed by atoms with van der Waals surface area (Å²) < 4.78 is 0. The molecule has 0 spiro atoms. The first-order chi connectivity index (χ1) is 12.8. The Kier molecular flexibility index (Phi) is 7.39. The fraction of sp³-hybridized carbons (Fsp3) is 0.333. The second-order valence-electron chi connectivity index (χ2n) is 6.97. The molecule has 0 aliphatic carbocycles. The van der Waals surface area contributed by atoms with Gasteiger partial charge in [0.2, 0.25) is 0 Å². The van der Waals surface area contributed by atoms with E-state index in [9.17, 15) is 9.59 Å². The molecular weight excluding hydrogens is 362 g/mol. The highest BCUT2D eigenvalue weighted by Crippen LogP contribution is 2.20. The lowest BCUT2D eigenvalue weighted by molar-refractivity contribution is -0.862. The number of quaternary nitrogens is 1. The second-order valence-corrected chi connectivity index (χ2v) is 7.38. The van der Waals surface area contributed by atoms with E-state index in [1.54, 1.807) is 24.3 Å². The van der Waals surface area contributed by atoms with Gasteiger partial charge in [0.25, 0.3) is 11.8 Å². The van der Waals surface area contributed by atoms with Crippen LogP contribution >= 0.6 is 11.6 Å². The van der Waals surface area contributed by atoms with Gasteiger partial charge in [-0.1, -0.05) is 41.9 Å². The summed E-state index contributed by atoms with van der Waals surface area (Å²) in [5.41, 5.74) is 4.07. The molecule has 6 heteroatoms. The molecule has 0 saturated heterocycles. The van der Waals surface area contributed by atoms with E-state index >= 15 is 0 Å². The average Bonchev–Trinajstić information content (AvgIpc) is 2.58. The van der Waals surface area contributed by atoms with Crippen molar-refractivity contribution < 1.29 is 14.5 Å². The number of halogens is 1. The molecule has 1 unspecified atom stereocenters. The van der Waals surface area contributed by atoms with Crippen molar-refractivity contribution >= 4 is 29.1 Å². The number of anilines is 1. The van der Waals surface area contributed by atoms with Gasteiger partial charge in [0.1, 0.15) is 0 Å². The fourth-order valence-corrected chi connectivity index (χ4v) is 2.96. The molecule has 0 aliphatic rings. The molecule has 2 rings (SSSR count). The molecule has 2 aromatic carbocycles. The van der Waals surface area contributed by atoms with E-state index in [1.807, 2.05) is 20.0 Å². The van der Waals surface area contributed by atoms with Crippen molar-refractivity contribution in [3.8, 4) is 0 Å². The summed E-state index contributed by atoms with van der Waals surface area (Å²) >= 11 is 6.04. The lowest BCUT2D eigenvalue weighted by atomic mass is 10.0. The Bertz CT molecular complexity index is 823. The topological polar surface area (TPSA) is 62.6 Å². The number of rotatable bonds is 7. The van der Waals surface area contributed by atoms with Crippen molar-refractivity contribution in [3.05, 3.63) is 64.2 Å². The quantitative estimate of drug-likeness (QED) is 0.681. The molecule has 0 bridgehead atoms. The van der Waals surface area contributed by atoms with Gasteiger partial charge in [-0.25, -0.2) is 0 Å². The average molecular weight is 389 g/mol. The van der Waals surface area contributed by atoms with E-state index in [0.717, 1.165) is 10.5 Å². The molecule has 0 aromatic heterocycles. The van der Waals surface area contributed by atoms with Gasteiger partial charge in [-0.05, 0) is 49.6 Å². The van der Waals surface area contributed by atoms with Crippen molar-refractivity contribution in [1.82, 2.24) is 5.32 Å². The zero-order valence-corrected chi connectivity index (χ0v) is 17.0. The Hall–Kier alpha value is -2.37. The highest BCUT2D eigenvalue weighted by Gasteiger charge is 2.17. The minimum absolute atomic E-state index is 0.0819. The number of likely N-dealkylation sites (N-methyl/N-ethyl adjacent to an activating group) is 1. The van der Waals surface area contributed by atoms with Gasteiger partial charge < -0.3 is 15.5 Å². The molecule has 2 amide bonds. The number of hydrogen-bond donors (Lipinski definition) is 3. The summed E-state index contributed by atoms with van der Waals surface area (Å²) in [7, 11) is 1.81. The van der Waals surface area contributed by atoms with E-state index in [0.29, 0.717) is 10.7 Å². The molecule has 144 valence electrons. The van der Waals surface area contributed by atoms with E-state index < -0.39 is 0 Å². The summed E-state index contributed by atoms with van der Waals surface area (Å²) in [6.45, 7) is 6.47. The standard InChI is InChI=1S/C21H26ClN3O2/c1-14-9-10-17(11-15(14)2)16(3)23-20(26)12-25(4)13-21(27)24-19-8-6-5-7-18(19)22/h5-11,16H,12-13H2,1-4H3,(H,23,26)(H,24,27)/p+1/t16-/m0/s1. The summed E-state index contributed by atoms with van der Waals surface area (Å²) in [5, 5.41) is 6.25.